The van der Waals surface area contributed by atoms with Crippen LogP contribution in [0.15, 0.2) is 84.9 Å². The zero-order valence-electron chi connectivity index (χ0n) is 37.2. The third kappa shape index (κ3) is 13.7. The summed E-state index contributed by atoms with van der Waals surface area (Å²) in [5.41, 5.74) is 5.92. The van der Waals surface area contributed by atoms with Gasteiger partial charge in [0.15, 0.2) is 0 Å². The van der Waals surface area contributed by atoms with Gasteiger partial charge in [-0.1, -0.05) is 117 Å². The number of halogens is 2. The number of hydrogen-bond donors (Lipinski definition) is 2. The van der Waals surface area contributed by atoms with Gasteiger partial charge in [-0.15, -0.1) is 0 Å². The van der Waals surface area contributed by atoms with Crippen molar-refractivity contribution in [3.05, 3.63) is 108 Å². The van der Waals surface area contributed by atoms with Crippen molar-refractivity contribution in [3.63, 3.8) is 0 Å². The van der Waals surface area contributed by atoms with E-state index in [1.54, 1.807) is 24.3 Å². The van der Waals surface area contributed by atoms with E-state index in [0.29, 0.717) is 94.9 Å². The third-order valence-electron chi connectivity index (χ3n) is 10.9. The fourth-order valence-corrected chi connectivity index (χ4v) is 49.8. The number of rotatable bonds is 12. The van der Waals surface area contributed by atoms with Crippen molar-refractivity contribution in [1.82, 2.24) is 10.6 Å². The number of carbonyl (C=O) groups excluding carboxylic acids is 3. The number of nitrogens with one attached hydrogen (secondary N) is 2. The van der Waals surface area contributed by atoms with Gasteiger partial charge < -0.3 is 50.3 Å². The van der Waals surface area contributed by atoms with Gasteiger partial charge >= 0.3 is 12.2 Å². The molecule has 3 amide bonds. The van der Waals surface area contributed by atoms with E-state index < -0.39 is 27.2 Å². The zero-order chi connectivity index (χ0) is 46.8. The SMILES string of the molecule is Cc1ccc(P2(=S)SP(=S)(c3ccc(C)cc3)S2)cc1.O.O.O=C1O[C@@H](CNC=S)CN1c1ccc(N2CCOCC2)c(F)c1.O=CNC[C@H]1CN(c2ccc(N3CCOCC3)c(F)c2)C(=O)O1. The Hall–Kier alpha value is -3.92. The molecule has 0 radical (unpaired) electrons. The van der Waals surface area contributed by atoms with Gasteiger partial charge in [-0.05, 0) is 50.2 Å². The molecule has 9 rings (SSSR count). The van der Waals surface area contributed by atoms with E-state index in [2.05, 4.69) is 85.2 Å². The summed E-state index contributed by atoms with van der Waals surface area (Å²) >= 11 is 20.3. The number of amides is 3. The monoisotopic (exact) mass is 1070 g/mol. The maximum atomic E-state index is 14.4. The summed E-state index contributed by atoms with van der Waals surface area (Å²) in [6.45, 7) is 10.5. The van der Waals surface area contributed by atoms with E-state index in [-0.39, 0.29) is 41.8 Å². The first-order chi connectivity index (χ1) is 31.8. The van der Waals surface area contributed by atoms with Gasteiger partial charge in [0.1, 0.15) is 23.8 Å². The zero-order valence-corrected chi connectivity index (χ0v) is 43.1. The van der Waals surface area contributed by atoms with Gasteiger partial charge in [0.25, 0.3) is 0 Å². The van der Waals surface area contributed by atoms with E-state index in [0.717, 1.165) is 0 Å². The molecule has 0 aromatic heterocycles. The standard InChI is InChI=1S/C15H18FN3O4.C15H18FN3O3S.C14H14P2S4.2H2O/c16-13-7-11(1-2-14(13)18-3-5-22-6-4-18)19-9-12(8-17-10-20)23-15(19)21;16-13-7-11(1-2-14(13)18-3-5-21-6-4-18)19-9-12(8-17-10-23)22-15(19)20;1-11-3-7-13(8-4-11)15(17)19-16(18,20-15)14-9-5-12(2)6-10-14;;/h1-2,7,10,12H,3-6,8-9H2,(H,17,20);1-2,7,10,12H,3-6,8-9H2,(H,17,23);3-10H,1-2H3;2*1H2/t2*12-;;;/m00.../s1. The Bertz CT molecular complexity index is 2300. The Balaban J connectivity index is 0.000000188. The minimum absolute atomic E-state index is 0. The molecule has 4 aromatic carbocycles. The molecule has 368 valence electrons. The molecule has 0 bridgehead atoms. The lowest BCUT2D eigenvalue weighted by molar-refractivity contribution is -0.109. The molecular formula is C44H54F2N6O9P2S5. The number of aryl methyl sites for hydroxylation is 2. The number of morpholine rings is 2. The highest BCUT2D eigenvalue weighted by Crippen LogP contribution is 3.04. The smallest absolute Gasteiger partial charge is 0.414 e. The predicted molar refractivity (Wildman–Crippen MR) is 282 cm³/mol. The van der Waals surface area contributed by atoms with Crippen LogP contribution in [0.4, 0.5) is 41.1 Å². The fourth-order valence-electron chi connectivity index (χ4n) is 7.42. The van der Waals surface area contributed by atoms with Crippen molar-refractivity contribution >= 4 is 124 Å². The summed E-state index contributed by atoms with van der Waals surface area (Å²) in [6.07, 6.45) is -1.20. The van der Waals surface area contributed by atoms with Crippen LogP contribution in [0.2, 0.25) is 0 Å². The van der Waals surface area contributed by atoms with Crippen molar-refractivity contribution in [2.45, 2.75) is 26.1 Å². The molecule has 5 aliphatic rings. The molecule has 0 spiro atoms. The second-order valence-corrected chi connectivity index (χ2v) is 37.1. The Morgan fingerprint density at radius 3 is 1.38 bits per heavy atom. The largest absolute Gasteiger partial charge is 0.442 e. The molecule has 68 heavy (non-hydrogen) atoms. The van der Waals surface area contributed by atoms with Gasteiger partial charge in [-0.3, -0.25) is 14.6 Å². The second kappa shape index (κ2) is 25.3. The first-order valence-electron chi connectivity index (χ1n) is 21.1. The van der Waals surface area contributed by atoms with Crippen LogP contribution in [0.25, 0.3) is 0 Å². The fraction of sp³-hybridized carbons (Fsp3) is 0.364. The highest BCUT2D eigenvalue weighted by atomic mass is 33.7. The molecule has 24 heteroatoms. The third-order valence-corrected chi connectivity index (χ3v) is 42.3. The quantitative estimate of drug-likeness (QED) is 0.0959. The molecule has 5 saturated heterocycles. The number of nitrogens with zero attached hydrogens (tertiary/aromatic N) is 4. The normalized spacial score (nSPS) is 22.9. The van der Waals surface area contributed by atoms with Crippen LogP contribution in [0.1, 0.15) is 11.1 Å². The summed E-state index contributed by atoms with van der Waals surface area (Å²) in [5, 5.41) is 7.92. The second-order valence-electron chi connectivity index (χ2n) is 15.6. The Kier molecular flexibility index (Phi) is 20.4. The van der Waals surface area contributed by atoms with Gasteiger partial charge in [-0.2, -0.15) is 0 Å². The number of cyclic esters (lactones) is 2. The molecular weight excluding hydrogens is 1020 g/mol. The average molecular weight is 1070 g/mol. The van der Waals surface area contributed by atoms with Crippen molar-refractivity contribution in [2.75, 3.05) is 98.4 Å². The average Bonchev–Trinajstić information content (AvgIpc) is 3.89. The minimum atomic E-state index is -1.55. The van der Waals surface area contributed by atoms with E-state index >= 15 is 0 Å². The molecule has 6 N–H and O–H groups in total. The molecule has 15 nitrogen and oxygen atoms in total. The molecule has 0 saturated carbocycles. The van der Waals surface area contributed by atoms with Crippen molar-refractivity contribution < 1.29 is 53.1 Å². The van der Waals surface area contributed by atoms with Crippen LogP contribution in [-0.2, 0) is 47.4 Å². The van der Waals surface area contributed by atoms with Gasteiger partial charge in [0.2, 0.25) is 6.41 Å². The van der Waals surface area contributed by atoms with Crippen LogP contribution >= 0.6 is 43.1 Å². The molecule has 5 aliphatic heterocycles. The number of hydrogen-bond acceptors (Lipinski definition) is 14. The highest BCUT2D eigenvalue weighted by molar-refractivity contribution is 9.48. The van der Waals surface area contributed by atoms with Crippen LogP contribution in [-0.4, -0.2) is 126 Å². The molecule has 5 fully saturated rings. The summed E-state index contributed by atoms with van der Waals surface area (Å²) < 4.78 is 46.6. The molecule has 2 atom stereocenters. The Morgan fingerprint density at radius 1 is 0.647 bits per heavy atom. The van der Waals surface area contributed by atoms with Crippen LogP contribution < -0.4 is 40.8 Å². The van der Waals surface area contributed by atoms with Gasteiger partial charge in [-0.25, -0.2) is 18.4 Å². The van der Waals surface area contributed by atoms with Crippen molar-refractivity contribution in [1.29, 1.82) is 0 Å². The molecule has 5 heterocycles. The van der Waals surface area contributed by atoms with E-state index in [4.69, 9.17) is 42.6 Å². The van der Waals surface area contributed by atoms with Crippen molar-refractivity contribution in [2.24, 2.45) is 0 Å². The Labute approximate surface area is 417 Å². The number of thiocarbonyl (C=S) groups is 1. The predicted octanol–water partition coefficient (Wildman–Crippen LogP) is 5.97. The molecule has 4 aromatic rings. The topological polar surface area (TPSA) is 188 Å². The lowest BCUT2D eigenvalue weighted by atomic mass is 10.2. The number of carbonyl (C=O) groups is 3. The Morgan fingerprint density at radius 2 is 1.03 bits per heavy atom. The van der Waals surface area contributed by atoms with E-state index in [1.165, 1.54) is 49.2 Å². The number of anilines is 4. The van der Waals surface area contributed by atoms with Crippen molar-refractivity contribution in [3.8, 4) is 0 Å². The van der Waals surface area contributed by atoms with Gasteiger partial charge in [0, 0.05) is 36.8 Å². The van der Waals surface area contributed by atoms with Crippen LogP contribution in [0, 0.1) is 25.5 Å². The first-order valence-corrected chi connectivity index (χ1v) is 31.2. The van der Waals surface area contributed by atoms with E-state index in [1.807, 2.05) is 31.8 Å². The summed E-state index contributed by atoms with van der Waals surface area (Å²) in [4.78, 5) is 40.8. The molecule has 0 unspecified atom stereocenters. The van der Waals surface area contributed by atoms with Crippen LogP contribution in [0.5, 0.6) is 0 Å². The molecule has 0 aliphatic carbocycles. The number of ether oxygens (including phenoxy) is 4. The first kappa shape index (κ1) is 55.0. The highest BCUT2D eigenvalue weighted by Gasteiger charge is 2.46. The maximum absolute atomic E-state index is 14.4. The maximum Gasteiger partial charge on any atom is 0.414 e. The lowest BCUT2D eigenvalue weighted by Crippen LogP contribution is -2.36. The van der Waals surface area contributed by atoms with Crippen LogP contribution in [0.3, 0.4) is 0 Å². The number of benzene rings is 4. The summed E-state index contributed by atoms with van der Waals surface area (Å²) in [5.74, 6) is -0.732. The van der Waals surface area contributed by atoms with E-state index in [9.17, 15) is 23.2 Å². The minimum Gasteiger partial charge on any atom is -0.442 e. The summed E-state index contributed by atoms with van der Waals surface area (Å²) in [6, 6.07) is 26.9. The lowest BCUT2D eigenvalue weighted by Gasteiger charge is -2.40. The summed E-state index contributed by atoms with van der Waals surface area (Å²) in [7, 11) is 0. The van der Waals surface area contributed by atoms with Gasteiger partial charge in [0.05, 0.1) is 89.7 Å².